The van der Waals surface area contributed by atoms with Crippen molar-refractivity contribution in [3.05, 3.63) is 42.2 Å². The third kappa shape index (κ3) is 3.01. The number of benzene rings is 1. The van der Waals surface area contributed by atoms with Crippen molar-refractivity contribution in [2.45, 2.75) is 17.8 Å². The molecule has 1 aromatic carbocycles. The van der Waals surface area contributed by atoms with Gasteiger partial charge >= 0.3 is 0 Å². The lowest BCUT2D eigenvalue weighted by molar-refractivity contribution is 0.308. The Kier molecular flexibility index (Phi) is 4.48. The molecule has 0 saturated heterocycles. The quantitative estimate of drug-likeness (QED) is 0.703. The van der Waals surface area contributed by atoms with Crippen LogP contribution in [0.15, 0.2) is 41.7 Å². The fourth-order valence-electron chi connectivity index (χ4n) is 2.20. The van der Waals surface area contributed by atoms with Crippen LogP contribution in [0.1, 0.15) is 12.6 Å². The Balaban J connectivity index is 1.79. The molecule has 0 atom stereocenters. The van der Waals surface area contributed by atoms with Gasteiger partial charge in [0, 0.05) is 18.0 Å². The highest BCUT2D eigenvalue weighted by molar-refractivity contribution is 7.98. The van der Waals surface area contributed by atoms with E-state index in [1.807, 2.05) is 37.3 Å². The third-order valence-corrected chi connectivity index (χ3v) is 4.04. The number of H-pyrrole nitrogens is 1. The van der Waals surface area contributed by atoms with Crippen LogP contribution < -0.4 is 9.47 Å². The number of aromatic amines is 1. The van der Waals surface area contributed by atoms with Crippen LogP contribution in [0, 0.1) is 0 Å². The molecule has 2 heterocycles. The second-order valence-electron chi connectivity index (χ2n) is 4.57. The molecule has 0 fully saturated rings. The summed E-state index contributed by atoms with van der Waals surface area (Å²) in [5.74, 6) is 2.07. The van der Waals surface area contributed by atoms with Crippen molar-refractivity contribution in [3.8, 4) is 11.5 Å². The lowest BCUT2D eigenvalue weighted by Gasteiger charge is -2.12. The molecule has 114 valence electrons. The van der Waals surface area contributed by atoms with Crippen molar-refractivity contribution < 1.29 is 9.47 Å². The van der Waals surface area contributed by atoms with E-state index in [2.05, 4.69) is 15.0 Å². The first kappa shape index (κ1) is 14.7. The molecular formula is C16H17N3O2S. The Morgan fingerprint density at radius 1 is 1.23 bits per heavy atom. The molecule has 0 aliphatic heterocycles. The zero-order valence-corrected chi connectivity index (χ0v) is 13.3. The van der Waals surface area contributed by atoms with Crippen LogP contribution in [-0.2, 0) is 5.75 Å². The Morgan fingerprint density at radius 3 is 2.86 bits per heavy atom. The van der Waals surface area contributed by atoms with Crippen LogP contribution in [0.3, 0.4) is 0 Å². The van der Waals surface area contributed by atoms with Gasteiger partial charge in [0.15, 0.2) is 16.7 Å². The summed E-state index contributed by atoms with van der Waals surface area (Å²) in [6.45, 7) is 2.54. The molecule has 1 N–H and O–H groups in total. The molecule has 6 heteroatoms. The molecule has 0 unspecified atom stereocenters. The molecule has 5 nitrogen and oxygen atoms in total. The third-order valence-electron chi connectivity index (χ3n) is 3.16. The van der Waals surface area contributed by atoms with E-state index >= 15 is 0 Å². The average molecular weight is 315 g/mol. The average Bonchev–Trinajstić information content (AvgIpc) is 2.96. The Morgan fingerprint density at radius 2 is 2.09 bits per heavy atom. The molecule has 0 aliphatic carbocycles. The maximum atomic E-state index is 5.57. The Bertz CT molecular complexity index is 740. The van der Waals surface area contributed by atoms with Gasteiger partial charge in [-0.2, -0.15) is 0 Å². The van der Waals surface area contributed by atoms with Gasteiger partial charge in [-0.05, 0) is 19.1 Å². The summed E-state index contributed by atoms with van der Waals surface area (Å²) >= 11 is 1.59. The van der Waals surface area contributed by atoms with Gasteiger partial charge in [-0.3, -0.25) is 4.98 Å². The standard InChI is InChI=1S/C16H17N3O2S/c1-3-21-14-8-9-17-13(15(14)20-2)10-22-16-18-11-6-4-5-7-12(11)19-16/h4-9H,3,10H2,1-2H3,(H,18,19). The molecule has 3 aromatic rings. The van der Waals surface area contributed by atoms with Gasteiger partial charge in [0.2, 0.25) is 0 Å². The number of aromatic nitrogens is 3. The molecule has 0 saturated carbocycles. The van der Waals surface area contributed by atoms with Crippen molar-refractivity contribution in [2.75, 3.05) is 13.7 Å². The molecule has 0 amide bonds. The van der Waals surface area contributed by atoms with Gasteiger partial charge in [0.05, 0.1) is 30.4 Å². The minimum absolute atomic E-state index is 0.594. The smallest absolute Gasteiger partial charge is 0.183 e. The molecule has 22 heavy (non-hydrogen) atoms. The lowest BCUT2D eigenvalue weighted by atomic mass is 10.3. The first-order valence-corrected chi connectivity index (χ1v) is 8.02. The summed E-state index contributed by atoms with van der Waals surface area (Å²) in [4.78, 5) is 12.2. The van der Waals surface area contributed by atoms with Crippen molar-refractivity contribution in [2.24, 2.45) is 0 Å². The Hall–Kier alpha value is -2.21. The van der Waals surface area contributed by atoms with Crippen LogP contribution in [0.25, 0.3) is 11.0 Å². The number of hydrogen-bond acceptors (Lipinski definition) is 5. The van der Waals surface area contributed by atoms with Crippen molar-refractivity contribution in [3.63, 3.8) is 0 Å². The molecular weight excluding hydrogens is 298 g/mol. The highest BCUT2D eigenvalue weighted by Gasteiger charge is 2.13. The fourth-order valence-corrected chi connectivity index (χ4v) is 3.02. The van der Waals surface area contributed by atoms with Crippen molar-refractivity contribution >= 4 is 22.8 Å². The minimum Gasteiger partial charge on any atom is -0.491 e. The molecule has 0 spiro atoms. The molecule has 0 radical (unpaired) electrons. The minimum atomic E-state index is 0.594. The number of nitrogens with zero attached hydrogens (tertiary/aromatic N) is 2. The largest absolute Gasteiger partial charge is 0.491 e. The first-order valence-electron chi connectivity index (χ1n) is 7.04. The number of thioether (sulfide) groups is 1. The first-order chi connectivity index (χ1) is 10.8. The molecule has 2 aromatic heterocycles. The number of pyridine rings is 1. The topological polar surface area (TPSA) is 60.0 Å². The zero-order chi connectivity index (χ0) is 15.4. The maximum Gasteiger partial charge on any atom is 0.183 e. The van der Waals surface area contributed by atoms with Crippen LogP contribution in [-0.4, -0.2) is 28.7 Å². The SMILES string of the molecule is CCOc1ccnc(CSc2nc3ccccc3[nH]2)c1OC. The normalized spacial score (nSPS) is 10.8. The monoisotopic (exact) mass is 315 g/mol. The van der Waals surface area contributed by atoms with Crippen LogP contribution in [0.4, 0.5) is 0 Å². The van der Waals surface area contributed by atoms with Gasteiger partial charge in [0.1, 0.15) is 0 Å². The fraction of sp³-hybridized carbons (Fsp3) is 0.250. The number of para-hydroxylation sites is 2. The summed E-state index contributed by atoms with van der Waals surface area (Å²) in [5, 5.41) is 0.867. The van der Waals surface area contributed by atoms with E-state index in [4.69, 9.17) is 9.47 Å². The van der Waals surface area contributed by atoms with Crippen LogP contribution in [0.5, 0.6) is 11.5 Å². The predicted octanol–water partition coefficient (Wildman–Crippen LogP) is 3.66. The van der Waals surface area contributed by atoms with E-state index in [-0.39, 0.29) is 0 Å². The van der Waals surface area contributed by atoms with Crippen molar-refractivity contribution in [1.29, 1.82) is 0 Å². The number of hydrogen-bond donors (Lipinski definition) is 1. The van der Waals surface area contributed by atoms with Gasteiger partial charge in [-0.15, -0.1) is 0 Å². The predicted molar refractivity (Wildman–Crippen MR) is 87.6 cm³/mol. The highest BCUT2D eigenvalue weighted by Crippen LogP contribution is 2.33. The number of methoxy groups -OCH3 is 1. The van der Waals surface area contributed by atoms with E-state index in [1.165, 1.54) is 0 Å². The van der Waals surface area contributed by atoms with Gasteiger partial charge in [-0.25, -0.2) is 4.98 Å². The van der Waals surface area contributed by atoms with E-state index < -0.39 is 0 Å². The van der Waals surface area contributed by atoms with Gasteiger partial charge in [0.25, 0.3) is 0 Å². The number of nitrogens with one attached hydrogen (secondary N) is 1. The van der Waals surface area contributed by atoms with Gasteiger partial charge < -0.3 is 14.5 Å². The number of imidazole rings is 1. The van der Waals surface area contributed by atoms with E-state index in [0.717, 1.165) is 27.6 Å². The van der Waals surface area contributed by atoms with Crippen LogP contribution >= 0.6 is 11.8 Å². The highest BCUT2D eigenvalue weighted by atomic mass is 32.2. The summed E-state index contributed by atoms with van der Waals surface area (Å²) in [5.41, 5.74) is 2.85. The van der Waals surface area contributed by atoms with E-state index in [9.17, 15) is 0 Å². The van der Waals surface area contributed by atoms with E-state index in [0.29, 0.717) is 18.1 Å². The van der Waals surface area contributed by atoms with Crippen LogP contribution in [0.2, 0.25) is 0 Å². The second kappa shape index (κ2) is 6.70. The summed E-state index contributed by atoms with van der Waals surface area (Å²) in [6.07, 6.45) is 1.74. The lowest BCUT2D eigenvalue weighted by Crippen LogP contribution is -2.00. The number of ether oxygens (including phenoxy) is 2. The summed E-state index contributed by atoms with van der Waals surface area (Å²) in [6, 6.07) is 9.79. The van der Waals surface area contributed by atoms with Crippen molar-refractivity contribution in [1.82, 2.24) is 15.0 Å². The molecule has 0 bridgehead atoms. The summed E-state index contributed by atoms with van der Waals surface area (Å²) in [7, 11) is 1.63. The second-order valence-corrected chi connectivity index (χ2v) is 5.53. The molecule has 3 rings (SSSR count). The number of rotatable bonds is 6. The van der Waals surface area contributed by atoms with E-state index in [1.54, 1.807) is 25.1 Å². The Labute approximate surface area is 133 Å². The summed E-state index contributed by atoms with van der Waals surface area (Å²) < 4.78 is 11.0. The zero-order valence-electron chi connectivity index (χ0n) is 12.5. The number of fused-ring (bicyclic) bond motifs is 1. The maximum absolute atomic E-state index is 5.57. The van der Waals surface area contributed by atoms with Gasteiger partial charge in [-0.1, -0.05) is 23.9 Å². The molecule has 0 aliphatic rings.